The van der Waals surface area contributed by atoms with E-state index in [-0.39, 0.29) is 5.97 Å². The van der Waals surface area contributed by atoms with Gasteiger partial charge < -0.3 is 15.4 Å². The first-order valence-electron chi connectivity index (χ1n) is 5.41. The van der Waals surface area contributed by atoms with Crippen molar-refractivity contribution < 1.29 is 9.53 Å². The number of ether oxygens (including phenoxy) is 1. The van der Waals surface area contributed by atoms with Gasteiger partial charge in [-0.2, -0.15) is 0 Å². The molecule has 1 saturated heterocycles. The van der Waals surface area contributed by atoms with Crippen molar-refractivity contribution in [3.8, 4) is 0 Å². The molecule has 16 heavy (non-hydrogen) atoms. The van der Waals surface area contributed by atoms with E-state index < -0.39 is 0 Å². The normalized spacial score (nSPS) is 18.3. The van der Waals surface area contributed by atoms with Crippen LogP contribution in [0.2, 0.25) is 0 Å². The first kappa shape index (κ1) is 13.3. The summed E-state index contributed by atoms with van der Waals surface area (Å²) in [5.41, 5.74) is 5.49. The number of nitrogens with zero attached hydrogens (tertiary/aromatic N) is 2. The van der Waals surface area contributed by atoms with E-state index in [4.69, 9.17) is 18.0 Å². The number of carbonyl (C=O) groups excluding carboxylic acids is 1. The van der Waals surface area contributed by atoms with Gasteiger partial charge in [0.2, 0.25) is 0 Å². The molecule has 0 bridgehead atoms. The van der Waals surface area contributed by atoms with Gasteiger partial charge in [-0.15, -0.1) is 0 Å². The highest BCUT2D eigenvalue weighted by Crippen LogP contribution is 2.02. The van der Waals surface area contributed by atoms with Crippen molar-refractivity contribution >= 4 is 23.2 Å². The van der Waals surface area contributed by atoms with Crippen LogP contribution < -0.4 is 5.73 Å². The first-order chi connectivity index (χ1) is 7.61. The highest BCUT2D eigenvalue weighted by atomic mass is 32.1. The van der Waals surface area contributed by atoms with Crippen LogP contribution in [-0.4, -0.2) is 67.1 Å². The maximum absolute atomic E-state index is 11.0. The average molecular weight is 245 g/mol. The Morgan fingerprint density at radius 3 is 2.38 bits per heavy atom. The summed E-state index contributed by atoms with van der Waals surface area (Å²) in [6, 6.07) is 0. The van der Waals surface area contributed by atoms with E-state index in [2.05, 4.69) is 14.5 Å². The van der Waals surface area contributed by atoms with Crippen LogP contribution in [0.3, 0.4) is 0 Å². The topological polar surface area (TPSA) is 58.8 Å². The summed E-state index contributed by atoms with van der Waals surface area (Å²) in [6.45, 7) is 5.30. The van der Waals surface area contributed by atoms with E-state index in [0.29, 0.717) is 18.0 Å². The van der Waals surface area contributed by atoms with Gasteiger partial charge >= 0.3 is 5.97 Å². The van der Waals surface area contributed by atoms with Crippen molar-refractivity contribution in [3.05, 3.63) is 0 Å². The van der Waals surface area contributed by atoms with Gasteiger partial charge in [-0.25, -0.2) is 0 Å². The molecule has 0 atom stereocenters. The molecule has 0 aliphatic carbocycles. The molecule has 1 heterocycles. The maximum Gasteiger partial charge on any atom is 0.306 e. The second-order valence-corrected chi connectivity index (χ2v) is 4.43. The molecule has 5 nitrogen and oxygen atoms in total. The number of hydrogen-bond acceptors (Lipinski definition) is 5. The third kappa shape index (κ3) is 4.87. The lowest BCUT2D eigenvalue weighted by Gasteiger charge is -2.34. The van der Waals surface area contributed by atoms with Crippen LogP contribution in [0.25, 0.3) is 0 Å². The number of esters is 1. The first-order valence-corrected chi connectivity index (χ1v) is 5.82. The Hall–Kier alpha value is -0.720. The number of piperazine rings is 1. The Bertz CT molecular complexity index is 252. The minimum atomic E-state index is -0.148. The summed E-state index contributed by atoms with van der Waals surface area (Å²) in [6.07, 6.45) is 0.464. The van der Waals surface area contributed by atoms with Crippen molar-refractivity contribution in [3.63, 3.8) is 0 Å². The Balaban J connectivity index is 2.16. The Morgan fingerprint density at radius 2 is 1.88 bits per heavy atom. The highest BCUT2D eigenvalue weighted by molar-refractivity contribution is 7.80. The summed E-state index contributed by atoms with van der Waals surface area (Å²) in [5.74, 6) is -0.148. The predicted molar refractivity (Wildman–Crippen MR) is 66.3 cm³/mol. The predicted octanol–water partition coefficient (Wildman–Crippen LogP) is -0.547. The zero-order chi connectivity index (χ0) is 12.0. The standard InChI is InChI=1S/C10H19N3O2S/c1-15-10(14)2-3-12-4-6-13(7-5-12)8-9(11)16/h2-8H2,1H3,(H2,11,16). The molecule has 0 spiro atoms. The van der Waals surface area contributed by atoms with E-state index in [1.54, 1.807) is 0 Å². The maximum atomic E-state index is 11.0. The van der Waals surface area contributed by atoms with Crippen LogP contribution in [0.1, 0.15) is 6.42 Å². The van der Waals surface area contributed by atoms with Crippen molar-refractivity contribution in [2.75, 3.05) is 46.4 Å². The van der Waals surface area contributed by atoms with Gasteiger partial charge in [-0.3, -0.25) is 9.69 Å². The quantitative estimate of drug-likeness (QED) is 0.518. The molecule has 0 aromatic carbocycles. The van der Waals surface area contributed by atoms with Gasteiger partial charge in [-0.1, -0.05) is 12.2 Å². The number of methoxy groups -OCH3 is 1. The fourth-order valence-electron chi connectivity index (χ4n) is 1.74. The summed E-state index contributed by atoms with van der Waals surface area (Å²) in [5, 5.41) is 0. The molecular formula is C10H19N3O2S. The van der Waals surface area contributed by atoms with Gasteiger partial charge in [0, 0.05) is 39.3 Å². The SMILES string of the molecule is COC(=O)CCN1CCN(CC(N)=S)CC1. The molecular weight excluding hydrogens is 226 g/mol. The van der Waals surface area contributed by atoms with Crippen LogP contribution in [0.15, 0.2) is 0 Å². The number of hydrogen-bond donors (Lipinski definition) is 1. The summed E-state index contributed by atoms with van der Waals surface area (Å²) in [7, 11) is 1.42. The molecule has 92 valence electrons. The molecule has 6 heteroatoms. The molecule has 1 fully saturated rings. The van der Waals surface area contributed by atoms with Crippen LogP contribution >= 0.6 is 12.2 Å². The number of rotatable bonds is 5. The highest BCUT2D eigenvalue weighted by Gasteiger charge is 2.17. The zero-order valence-corrected chi connectivity index (χ0v) is 10.5. The summed E-state index contributed by atoms with van der Waals surface area (Å²) < 4.78 is 4.61. The molecule has 0 radical (unpaired) electrons. The second-order valence-electron chi connectivity index (χ2n) is 3.91. The van der Waals surface area contributed by atoms with Gasteiger partial charge in [0.1, 0.15) is 0 Å². The molecule has 1 aliphatic heterocycles. The van der Waals surface area contributed by atoms with Gasteiger partial charge in [0.15, 0.2) is 0 Å². The van der Waals surface area contributed by atoms with Crippen LogP contribution in [-0.2, 0) is 9.53 Å². The smallest absolute Gasteiger partial charge is 0.306 e. The molecule has 2 N–H and O–H groups in total. The number of thiocarbonyl (C=S) groups is 1. The van der Waals surface area contributed by atoms with E-state index in [0.717, 1.165) is 32.7 Å². The minimum Gasteiger partial charge on any atom is -0.469 e. The van der Waals surface area contributed by atoms with E-state index in [9.17, 15) is 4.79 Å². The fourth-order valence-corrected chi connectivity index (χ4v) is 1.93. The van der Waals surface area contributed by atoms with Crippen LogP contribution in [0.5, 0.6) is 0 Å². The summed E-state index contributed by atoms with van der Waals surface area (Å²) in [4.78, 5) is 16.0. The lowest BCUT2D eigenvalue weighted by Crippen LogP contribution is -2.48. The van der Waals surface area contributed by atoms with Crippen LogP contribution in [0, 0.1) is 0 Å². The second kappa shape index (κ2) is 6.78. The molecule has 0 saturated carbocycles. The summed E-state index contributed by atoms with van der Waals surface area (Å²) >= 11 is 4.87. The minimum absolute atomic E-state index is 0.148. The Kier molecular flexibility index (Phi) is 5.65. The molecule has 1 rings (SSSR count). The third-order valence-corrected chi connectivity index (χ3v) is 2.83. The van der Waals surface area contributed by atoms with Gasteiger partial charge in [-0.05, 0) is 0 Å². The largest absolute Gasteiger partial charge is 0.469 e. The fraction of sp³-hybridized carbons (Fsp3) is 0.800. The lowest BCUT2D eigenvalue weighted by atomic mass is 10.3. The van der Waals surface area contributed by atoms with E-state index in [1.807, 2.05) is 0 Å². The van der Waals surface area contributed by atoms with Crippen molar-refractivity contribution in [2.24, 2.45) is 5.73 Å². The third-order valence-electron chi connectivity index (χ3n) is 2.70. The van der Waals surface area contributed by atoms with Crippen molar-refractivity contribution in [1.29, 1.82) is 0 Å². The molecule has 0 aromatic heterocycles. The van der Waals surface area contributed by atoms with E-state index >= 15 is 0 Å². The zero-order valence-electron chi connectivity index (χ0n) is 9.65. The molecule has 1 aliphatic rings. The average Bonchev–Trinajstić information content (AvgIpc) is 2.27. The van der Waals surface area contributed by atoms with E-state index in [1.165, 1.54) is 7.11 Å². The lowest BCUT2D eigenvalue weighted by molar-refractivity contribution is -0.141. The van der Waals surface area contributed by atoms with Crippen molar-refractivity contribution in [1.82, 2.24) is 9.80 Å². The molecule has 0 unspecified atom stereocenters. The Labute approximate surface area is 102 Å². The number of carbonyl (C=O) groups is 1. The Morgan fingerprint density at radius 1 is 1.31 bits per heavy atom. The van der Waals surface area contributed by atoms with Crippen molar-refractivity contribution in [2.45, 2.75) is 6.42 Å². The molecule has 0 amide bonds. The van der Waals surface area contributed by atoms with Crippen LogP contribution in [0.4, 0.5) is 0 Å². The monoisotopic (exact) mass is 245 g/mol. The molecule has 0 aromatic rings. The number of nitrogens with two attached hydrogens (primary N) is 1. The van der Waals surface area contributed by atoms with Gasteiger partial charge in [0.05, 0.1) is 18.5 Å². The van der Waals surface area contributed by atoms with Gasteiger partial charge in [0.25, 0.3) is 0 Å².